The summed E-state index contributed by atoms with van der Waals surface area (Å²) in [5.41, 5.74) is 1.35. The minimum absolute atomic E-state index is 0.150. The fourth-order valence-corrected chi connectivity index (χ4v) is 3.31. The molecule has 0 unspecified atom stereocenters. The van der Waals surface area contributed by atoms with Crippen LogP contribution in [0.15, 0.2) is 24.3 Å². The Balaban J connectivity index is 1.63. The first-order valence-electron chi connectivity index (χ1n) is 8.59. The third kappa shape index (κ3) is 3.92. The second-order valence-corrected chi connectivity index (χ2v) is 6.24. The standard InChI is InChI=1S/C18H22N2O5/c1-2-24-18(23)19-13-7-5-9-20(11-13)16(21)15-10-12-6-3-4-8-14(12)17(22)25-15/h3-4,6,8,13,15H,2,5,7,9-11H2,1H3,(H,19,23)/t13-,15-/m1/s1. The van der Waals surface area contributed by atoms with Crippen molar-refractivity contribution in [3.8, 4) is 0 Å². The van der Waals surface area contributed by atoms with Gasteiger partial charge in [0.15, 0.2) is 6.10 Å². The Morgan fingerprint density at radius 2 is 2.16 bits per heavy atom. The topological polar surface area (TPSA) is 84.9 Å². The molecule has 1 fully saturated rings. The summed E-state index contributed by atoms with van der Waals surface area (Å²) in [5, 5.41) is 2.77. The Labute approximate surface area is 146 Å². The van der Waals surface area contributed by atoms with Crippen molar-refractivity contribution in [2.75, 3.05) is 19.7 Å². The van der Waals surface area contributed by atoms with E-state index in [2.05, 4.69) is 5.32 Å². The largest absolute Gasteiger partial charge is 0.450 e. The number of ether oxygens (including phenoxy) is 2. The van der Waals surface area contributed by atoms with Gasteiger partial charge in [0.2, 0.25) is 0 Å². The van der Waals surface area contributed by atoms with E-state index in [9.17, 15) is 14.4 Å². The maximum absolute atomic E-state index is 12.8. The van der Waals surface area contributed by atoms with Crippen molar-refractivity contribution >= 4 is 18.0 Å². The van der Waals surface area contributed by atoms with Crippen LogP contribution in [0, 0.1) is 0 Å². The van der Waals surface area contributed by atoms with Crippen LogP contribution in [0.4, 0.5) is 4.79 Å². The van der Waals surface area contributed by atoms with Gasteiger partial charge in [-0.1, -0.05) is 18.2 Å². The van der Waals surface area contributed by atoms with Gasteiger partial charge in [-0.3, -0.25) is 4.79 Å². The normalized spacial score (nSPS) is 22.6. The SMILES string of the molecule is CCOC(=O)N[C@@H]1CCCN(C(=O)[C@H]2Cc3ccccc3C(=O)O2)C1. The van der Waals surface area contributed by atoms with E-state index in [0.29, 0.717) is 31.7 Å². The zero-order chi connectivity index (χ0) is 17.8. The lowest BCUT2D eigenvalue weighted by Crippen LogP contribution is -2.53. The molecule has 1 N–H and O–H groups in total. The molecule has 25 heavy (non-hydrogen) atoms. The highest BCUT2D eigenvalue weighted by Gasteiger charge is 2.35. The number of alkyl carbamates (subject to hydrolysis) is 1. The number of rotatable bonds is 3. The molecule has 2 atom stereocenters. The summed E-state index contributed by atoms with van der Waals surface area (Å²) in [5.74, 6) is -0.670. The molecule has 0 spiro atoms. The number of carbonyl (C=O) groups is 3. The molecule has 134 valence electrons. The molecular weight excluding hydrogens is 324 g/mol. The summed E-state index contributed by atoms with van der Waals surface area (Å²) < 4.78 is 10.2. The lowest BCUT2D eigenvalue weighted by atomic mass is 9.97. The van der Waals surface area contributed by atoms with Crippen LogP contribution in [0.5, 0.6) is 0 Å². The van der Waals surface area contributed by atoms with E-state index in [1.54, 1.807) is 24.0 Å². The lowest BCUT2D eigenvalue weighted by molar-refractivity contribution is -0.142. The highest BCUT2D eigenvalue weighted by molar-refractivity contribution is 5.95. The number of cyclic esters (lactones) is 1. The molecule has 1 aromatic rings. The van der Waals surface area contributed by atoms with Crippen molar-refractivity contribution in [2.45, 2.75) is 38.3 Å². The molecule has 3 rings (SSSR count). The second-order valence-electron chi connectivity index (χ2n) is 6.24. The molecule has 2 aliphatic heterocycles. The molecule has 1 aromatic carbocycles. The summed E-state index contributed by atoms with van der Waals surface area (Å²) in [7, 11) is 0. The molecule has 7 heteroatoms. The highest BCUT2D eigenvalue weighted by atomic mass is 16.6. The van der Waals surface area contributed by atoms with Crippen molar-refractivity contribution in [2.24, 2.45) is 0 Å². The Hall–Kier alpha value is -2.57. The van der Waals surface area contributed by atoms with E-state index in [1.807, 2.05) is 12.1 Å². The number of nitrogens with zero attached hydrogens (tertiary/aromatic N) is 1. The zero-order valence-corrected chi connectivity index (χ0v) is 14.2. The van der Waals surface area contributed by atoms with Crippen molar-refractivity contribution in [3.63, 3.8) is 0 Å². The van der Waals surface area contributed by atoms with Gasteiger partial charge in [0.05, 0.1) is 12.2 Å². The Morgan fingerprint density at radius 3 is 2.96 bits per heavy atom. The number of hydrogen-bond donors (Lipinski definition) is 1. The fraction of sp³-hybridized carbons (Fsp3) is 0.500. The molecule has 2 aliphatic rings. The van der Waals surface area contributed by atoms with Crippen LogP contribution < -0.4 is 5.32 Å². The first-order valence-corrected chi connectivity index (χ1v) is 8.59. The molecule has 1 saturated heterocycles. The number of hydrogen-bond acceptors (Lipinski definition) is 5. The summed E-state index contributed by atoms with van der Waals surface area (Å²) in [6.07, 6.45) is 0.673. The smallest absolute Gasteiger partial charge is 0.407 e. The minimum atomic E-state index is -0.802. The van der Waals surface area contributed by atoms with Crippen LogP contribution in [0.2, 0.25) is 0 Å². The highest BCUT2D eigenvalue weighted by Crippen LogP contribution is 2.23. The van der Waals surface area contributed by atoms with Crippen LogP contribution >= 0.6 is 0 Å². The van der Waals surface area contributed by atoms with Crippen molar-refractivity contribution < 1.29 is 23.9 Å². The van der Waals surface area contributed by atoms with Crippen LogP contribution in [-0.4, -0.2) is 54.7 Å². The van der Waals surface area contributed by atoms with E-state index in [0.717, 1.165) is 18.4 Å². The first kappa shape index (κ1) is 17.3. The van der Waals surface area contributed by atoms with Gasteiger partial charge in [-0.05, 0) is 31.4 Å². The molecule has 0 saturated carbocycles. The van der Waals surface area contributed by atoms with Crippen molar-refractivity contribution in [1.29, 1.82) is 0 Å². The Kier molecular flexibility index (Phi) is 5.21. The molecule has 0 radical (unpaired) electrons. The number of nitrogens with one attached hydrogen (secondary N) is 1. The van der Waals surface area contributed by atoms with Gasteiger partial charge in [-0.2, -0.15) is 0 Å². The summed E-state index contributed by atoms with van der Waals surface area (Å²) in [4.78, 5) is 38.1. The molecule has 2 amide bonds. The Bertz CT molecular complexity index is 675. The quantitative estimate of drug-likeness (QED) is 0.839. The number of amides is 2. The number of fused-ring (bicyclic) bond motifs is 1. The third-order valence-electron chi connectivity index (χ3n) is 4.50. The van der Waals surface area contributed by atoms with Gasteiger partial charge in [0.25, 0.3) is 5.91 Å². The fourth-order valence-electron chi connectivity index (χ4n) is 3.31. The number of piperidine rings is 1. The maximum Gasteiger partial charge on any atom is 0.407 e. The maximum atomic E-state index is 12.8. The lowest BCUT2D eigenvalue weighted by Gasteiger charge is -2.35. The predicted molar refractivity (Wildman–Crippen MR) is 89.1 cm³/mol. The molecular formula is C18H22N2O5. The minimum Gasteiger partial charge on any atom is -0.450 e. The van der Waals surface area contributed by atoms with Gasteiger partial charge in [-0.25, -0.2) is 9.59 Å². The van der Waals surface area contributed by atoms with E-state index in [-0.39, 0.29) is 11.9 Å². The van der Waals surface area contributed by atoms with E-state index < -0.39 is 18.2 Å². The monoisotopic (exact) mass is 346 g/mol. The number of carbonyl (C=O) groups excluding carboxylic acids is 3. The van der Waals surface area contributed by atoms with Crippen molar-refractivity contribution in [3.05, 3.63) is 35.4 Å². The zero-order valence-electron chi connectivity index (χ0n) is 14.2. The summed E-state index contributed by atoms with van der Waals surface area (Å²) in [6.45, 7) is 3.03. The van der Waals surface area contributed by atoms with Gasteiger partial charge in [0.1, 0.15) is 0 Å². The Morgan fingerprint density at radius 1 is 1.36 bits per heavy atom. The van der Waals surface area contributed by atoms with Crippen LogP contribution in [0.25, 0.3) is 0 Å². The first-order chi connectivity index (χ1) is 12.1. The van der Waals surface area contributed by atoms with Crippen LogP contribution in [0.3, 0.4) is 0 Å². The number of benzene rings is 1. The van der Waals surface area contributed by atoms with E-state index >= 15 is 0 Å². The van der Waals surface area contributed by atoms with Crippen LogP contribution in [-0.2, 0) is 20.7 Å². The van der Waals surface area contributed by atoms with Gasteiger partial charge < -0.3 is 19.7 Å². The average molecular weight is 346 g/mol. The van der Waals surface area contributed by atoms with Gasteiger partial charge >= 0.3 is 12.1 Å². The second kappa shape index (κ2) is 7.55. The van der Waals surface area contributed by atoms with E-state index in [1.165, 1.54) is 0 Å². The summed E-state index contributed by atoms with van der Waals surface area (Å²) >= 11 is 0. The average Bonchev–Trinajstić information content (AvgIpc) is 2.61. The van der Waals surface area contributed by atoms with Crippen LogP contribution in [0.1, 0.15) is 35.7 Å². The third-order valence-corrected chi connectivity index (χ3v) is 4.50. The molecule has 0 bridgehead atoms. The van der Waals surface area contributed by atoms with Crippen molar-refractivity contribution in [1.82, 2.24) is 10.2 Å². The molecule has 7 nitrogen and oxygen atoms in total. The summed E-state index contributed by atoms with van der Waals surface area (Å²) in [6, 6.07) is 7.02. The molecule has 0 aliphatic carbocycles. The number of esters is 1. The number of likely N-dealkylation sites (tertiary alicyclic amines) is 1. The molecule has 0 aromatic heterocycles. The molecule has 2 heterocycles. The predicted octanol–water partition coefficient (Wildman–Crippen LogP) is 1.51. The van der Waals surface area contributed by atoms with Gasteiger partial charge in [0, 0.05) is 25.6 Å². The van der Waals surface area contributed by atoms with E-state index in [4.69, 9.17) is 9.47 Å². The van der Waals surface area contributed by atoms with Gasteiger partial charge in [-0.15, -0.1) is 0 Å².